The Hall–Kier alpha value is -1.22. The molecular weight excluding hydrogens is 259 g/mol. The van der Waals surface area contributed by atoms with Crippen molar-refractivity contribution < 1.29 is 18.3 Å². The van der Waals surface area contributed by atoms with Crippen molar-refractivity contribution in [3.63, 3.8) is 0 Å². The number of hydrogen-bond acceptors (Lipinski definition) is 5. The van der Waals surface area contributed by atoms with Crippen LogP contribution in [0.25, 0.3) is 0 Å². The van der Waals surface area contributed by atoms with E-state index in [0.717, 1.165) is 0 Å². The third-order valence-corrected chi connectivity index (χ3v) is 4.00. The summed E-state index contributed by atoms with van der Waals surface area (Å²) >= 11 is 0.678. The van der Waals surface area contributed by atoms with Crippen molar-refractivity contribution in [3.05, 3.63) is 22.5 Å². The Morgan fingerprint density at radius 3 is 2.82 bits per heavy atom. The summed E-state index contributed by atoms with van der Waals surface area (Å²) in [5.74, 6) is -4.95. The number of nitrogen functional groups attached to an aromatic ring is 1. The highest BCUT2D eigenvalue weighted by atomic mass is 32.2. The lowest BCUT2D eigenvalue weighted by Crippen LogP contribution is -2.53. The van der Waals surface area contributed by atoms with Crippen molar-refractivity contribution >= 4 is 17.6 Å². The number of rotatable bonds is 2. The van der Waals surface area contributed by atoms with E-state index in [2.05, 4.69) is 4.98 Å². The minimum atomic E-state index is -3.28. The maximum atomic E-state index is 13.4. The van der Waals surface area contributed by atoms with Gasteiger partial charge < -0.3 is 10.8 Å². The molecule has 0 saturated carbocycles. The smallest absolute Gasteiger partial charge is 0.350 e. The summed E-state index contributed by atoms with van der Waals surface area (Å²) in [6.45, 7) is -0.714. The lowest BCUT2D eigenvalue weighted by atomic mass is 10.2. The standard InChI is InChI=1S/C8H8F3N3O2S/c9-3-1-14(7(16)13-5(3)12)6-8(10,11)4(2-15)17-6/h1,4,6,15H,2H2,(H2,12,13,16)/t4-,6-/m1/s1. The fourth-order valence-corrected chi connectivity index (χ4v) is 2.58. The fourth-order valence-electron chi connectivity index (χ4n) is 1.47. The molecule has 0 spiro atoms. The fraction of sp³-hybridized carbons (Fsp3) is 0.500. The molecule has 5 nitrogen and oxygen atoms in total. The first-order valence-corrected chi connectivity index (χ1v) is 5.50. The van der Waals surface area contributed by atoms with Gasteiger partial charge >= 0.3 is 5.69 Å². The number of aliphatic hydroxyl groups excluding tert-OH is 1. The Kier molecular flexibility index (Phi) is 2.82. The average Bonchev–Trinajstić information content (AvgIpc) is 2.24. The predicted molar refractivity (Wildman–Crippen MR) is 55.3 cm³/mol. The monoisotopic (exact) mass is 267 g/mol. The number of thioether (sulfide) groups is 1. The van der Waals surface area contributed by atoms with Gasteiger partial charge in [0.05, 0.1) is 11.9 Å². The van der Waals surface area contributed by atoms with E-state index in [4.69, 9.17) is 10.8 Å². The van der Waals surface area contributed by atoms with Crippen LogP contribution in [0.5, 0.6) is 0 Å². The van der Waals surface area contributed by atoms with Crippen molar-refractivity contribution in [1.29, 1.82) is 0 Å². The first-order valence-electron chi connectivity index (χ1n) is 4.56. The van der Waals surface area contributed by atoms with Gasteiger partial charge in [-0.2, -0.15) is 4.98 Å². The van der Waals surface area contributed by atoms with Crippen molar-refractivity contribution in [1.82, 2.24) is 9.55 Å². The Bertz CT molecular complexity index is 507. The van der Waals surface area contributed by atoms with Gasteiger partial charge in [0, 0.05) is 6.20 Å². The van der Waals surface area contributed by atoms with Gasteiger partial charge in [0.1, 0.15) is 5.37 Å². The minimum Gasteiger partial charge on any atom is -0.395 e. The Labute approximate surface area is 97.4 Å². The molecule has 9 heteroatoms. The molecule has 0 aromatic carbocycles. The van der Waals surface area contributed by atoms with Gasteiger partial charge in [0.2, 0.25) is 0 Å². The first kappa shape index (κ1) is 12.2. The molecule has 2 atom stereocenters. The summed E-state index contributed by atoms with van der Waals surface area (Å²) in [6.07, 6.45) is 0.601. The second kappa shape index (κ2) is 3.91. The van der Waals surface area contributed by atoms with Gasteiger partial charge in [0.25, 0.3) is 5.92 Å². The van der Waals surface area contributed by atoms with E-state index in [9.17, 15) is 18.0 Å². The molecule has 2 rings (SSSR count). The van der Waals surface area contributed by atoms with Crippen LogP contribution < -0.4 is 11.4 Å². The number of hydrogen-bond donors (Lipinski definition) is 2. The lowest BCUT2D eigenvalue weighted by molar-refractivity contribution is -0.0542. The largest absolute Gasteiger partial charge is 0.395 e. The summed E-state index contributed by atoms with van der Waals surface area (Å²) < 4.78 is 40.4. The van der Waals surface area contributed by atoms with E-state index in [-0.39, 0.29) is 0 Å². The van der Waals surface area contributed by atoms with Crippen LogP contribution in [-0.2, 0) is 0 Å². The zero-order valence-corrected chi connectivity index (χ0v) is 9.13. The summed E-state index contributed by atoms with van der Waals surface area (Å²) in [5.41, 5.74) is 3.99. The van der Waals surface area contributed by atoms with E-state index in [1.807, 2.05) is 0 Å². The van der Waals surface area contributed by atoms with Crippen LogP contribution in [0.1, 0.15) is 5.37 Å². The number of halogens is 3. The van der Waals surface area contributed by atoms with E-state index in [1.165, 1.54) is 0 Å². The van der Waals surface area contributed by atoms with E-state index >= 15 is 0 Å². The molecule has 0 bridgehead atoms. The maximum Gasteiger partial charge on any atom is 0.350 e. The normalized spacial score (nSPS) is 26.6. The van der Waals surface area contributed by atoms with Gasteiger partial charge in [-0.1, -0.05) is 0 Å². The maximum absolute atomic E-state index is 13.4. The molecule has 0 aliphatic carbocycles. The van der Waals surface area contributed by atoms with Crippen LogP contribution in [0, 0.1) is 5.82 Å². The summed E-state index contributed by atoms with van der Waals surface area (Å²) in [4.78, 5) is 14.4. The van der Waals surface area contributed by atoms with Gasteiger partial charge in [-0.25, -0.2) is 18.0 Å². The molecule has 1 aliphatic rings. The summed E-state index contributed by atoms with van der Waals surface area (Å²) in [7, 11) is 0. The van der Waals surface area contributed by atoms with Crippen LogP contribution in [0.2, 0.25) is 0 Å². The molecule has 1 aliphatic heterocycles. The van der Waals surface area contributed by atoms with Crippen molar-refractivity contribution in [2.24, 2.45) is 0 Å². The molecule has 2 heterocycles. The van der Waals surface area contributed by atoms with Crippen molar-refractivity contribution in [3.8, 4) is 0 Å². The van der Waals surface area contributed by atoms with Gasteiger partial charge in [-0.15, -0.1) is 11.8 Å². The molecule has 1 aromatic rings. The van der Waals surface area contributed by atoms with Gasteiger partial charge in [-0.05, 0) is 0 Å². The predicted octanol–water partition coefficient (Wildman–Crippen LogP) is 0.206. The van der Waals surface area contributed by atoms with Crippen molar-refractivity contribution in [2.75, 3.05) is 12.3 Å². The average molecular weight is 267 g/mol. The molecule has 1 saturated heterocycles. The van der Waals surface area contributed by atoms with Crippen LogP contribution >= 0.6 is 11.8 Å². The quantitative estimate of drug-likeness (QED) is 0.800. The second-order valence-corrected chi connectivity index (χ2v) is 4.79. The molecular formula is C8H8F3N3O2S. The number of aliphatic hydroxyl groups is 1. The molecule has 0 amide bonds. The highest BCUT2D eigenvalue weighted by Crippen LogP contribution is 2.56. The summed E-state index contributed by atoms with van der Waals surface area (Å²) in [5, 5.41) is 5.80. The molecule has 17 heavy (non-hydrogen) atoms. The van der Waals surface area contributed by atoms with Crippen LogP contribution in [0.3, 0.4) is 0 Å². The molecule has 1 aromatic heterocycles. The highest BCUT2D eigenvalue weighted by Gasteiger charge is 2.59. The second-order valence-electron chi connectivity index (χ2n) is 3.50. The van der Waals surface area contributed by atoms with Crippen LogP contribution in [0.4, 0.5) is 19.0 Å². The minimum absolute atomic E-state index is 0.489. The zero-order chi connectivity index (χ0) is 12.8. The summed E-state index contributed by atoms with van der Waals surface area (Å²) in [6, 6.07) is 0. The zero-order valence-electron chi connectivity index (χ0n) is 8.31. The Morgan fingerprint density at radius 1 is 1.65 bits per heavy atom. The number of nitrogens with two attached hydrogens (primary N) is 1. The highest BCUT2D eigenvalue weighted by molar-refractivity contribution is 8.01. The number of aromatic nitrogens is 2. The number of nitrogens with zero attached hydrogens (tertiary/aromatic N) is 2. The Balaban J connectivity index is 2.38. The third-order valence-electron chi connectivity index (χ3n) is 2.40. The van der Waals surface area contributed by atoms with Gasteiger partial charge in [-0.3, -0.25) is 4.57 Å². The van der Waals surface area contributed by atoms with Crippen LogP contribution in [0.15, 0.2) is 11.0 Å². The Morgan fingerprint density at radius 2 is 2.29 bits per heavy atom. The molecule has 94 valence electrons. The molecule has 0 unspecified atom stereocenters. The van der Waals surface area contributed by atoms with E-state index in [0.29, 0.717) is 22.5 Å². The molecule has 3 N–H and O–H groups in total. The first-order chi connectivity index (χ1) is 7.87. The third kappa shape index (κ3) is 1.78. The van der Waals surface area contributed by atoms with Crippen LogP contribution in [-0.4, -0.2) is 32.4 Å². The van der Waals surface area contributed by atoms with E-state index < -0.39 is 40.5 Å². The number of anilines is 1. The SMILES string of the molecule is Nc1nc(=O)n([C@@H]2S[C@H](CO)C2(F)F)cc1F. The van der Waals surface area contributed by atoms with Gasteiger partial charge in [0.15, 0.2) is 11.6 Å². The topological polar surface area (TPSA) is 81.1 Å². The lowest BCUT2D eigenvalue weighted by Gasteiger charge is -2.42. The van der Waals surface area contributed by atoms with Crippen molar-refractivity contribution in [2.45, 2.75) is 16.5 Å². The molecule has 0 radical (unpaired) electrons. The molecule has 1 fully saturated rings. The van der Waals surface area contributed by atoms with E-state index in [1.54, 1.807) is 0 Å². The number of alkyl halides is 2.